The predicted octanol–water partition coefficient (Wildman–Crippen LogP) is -1.32. The van der Waals surface area contributed by atoms with Gasteiger partial charge >= 0.3 is 13.5 Å². The van der Waals surface area contributed by atoms with E-state index in [0.29, 0.717) is 0 Å². The number of nitrogens with two attached hydrogens (primary N) is 1. The standard InChI is InChI=1S/C22H24N10O12P2S2/c23-21-27-15-9(17(35)29-21)25-5-32(15)20-14-11(33)7(41-20)3-39-45(37,47)43-13-8(4-40-46(38,48)44-14)42-19(12(13)34)31-6-26-10-16(31)28-22-24-1-2-30(22)18(10)36/h1-2,5-8,11-14,19-20,33-34H,3-4H2,(H,24,28)(H,37,47)(H,38,48)(H3,23,27,29,35)/t7-,8-,11-,12-,13-,14-,19-,20-,45?,46?/m1/s1. The van der Waals surface area contributed by atoms with Crippen molar-refractivity contribution >= 4 is 71.6 Å². The monoisotopic (exact) mass is 746 g/mol. The van der Waals surface area contributed by atoms with Gasteiger partial charge in [0.05, 0.1) is 25.9 Å². The molecule has 8 heterocycles. The van der Waals surface area contributed by atoms with Crippen molar-refractivity contribution in [3.8, 4) is 0 Å². The van der Waals surface area contributed by atoms with Crippen molar-refractivity contribution in [3.05, 3.63) is 45.8 Å². The van der Waals surface area contributed by atoms with Gasteiger partial charge in [-0.15, -0.1) is 0 Å². The molecule has 48 heavy (non-hydrogen) atoms. The van der Waals surface area contributed by atoms with Crippen molar-refractivity contribution in [3.63, 3.8) is 0 Å². The van der Waals surface area contributed by atoms with Crippen molar-refractivity contribution in [2.45, 2.75) is 49.1 Å². The number of aromatic nitrogens is 9. The van der Waals surface area contributed by atoms with E-state index < -0.39 is 86.9 Å². The van der Waals surface area contributed by atoms with Crippen LogP contribution < -0.4 is 16.9 Å². The summed E-state index contributed by atoms with van der Waals surface area (Å²) >= 11 is 9.32. The molecule has 3 aliphatic heterocycles. The first-order valence-electron chi connectivity index (χ1n) is 13.9. The molecule has 8 rings (SSSR count). The normalized spacial score (nSPS) is 36.2. The van der Waals surface area contributed by atoms with E-state index in [9.17, 15) is 29.3 Å². The Morgan fingerprint density at radius 2 is 1.69 bits per heavy atom. The molecule has 0 radical (unpaired) electrons. The SMILES string of the molecule is Nc1nc2c(ncn2[C@@H]2O[C@@H]3COP(O)(=S)O[C@H]4[C@@H](O)[C@H](n5cnc6c(=O)n7ccnc7[nH]c65)O[C@@H]4COP(=O)(S)O[C@@H]2[C@@H]3O)c(=O)[nH]1. The molecule has 7 N–H and O–H groups in total. The average Bonchev–Trinajstić information content (AvgIpc) is 3.84. The van der Waals surface area contributed by atoms with Crippen molar-refractivity contribution in [1.82, 2.24) is 43.4 Å². The Bertz CT molecular complexity index is 2290. The second-order valence-electron chi connectivity index (χ2n) is 11.0. The number of anilines is 1. The number of hydrogen-bond donors (Lipinski definition) is 7. The Morgan fingerprint density at radius 1 is 0.958 bits per heavy atom. The topological polar surface area (TPSA) is 291 Å². The first-order valence-corrected chi connectivity index (χ1v) is 19.2. The lowest BCUT2D eigenvalue weighted by atomic mass is 10.1. The lowest BCUT2D eigenvalue weighted by Crippen LogP contribution is -2.36. The molecule has 3 fully saturated rings. The Kier molecular flexibility index (Phi) is 7.69. The van der Waals surface area contributed by atoms with E-state index in [0.717, 1.165) is 0 Å². The summed E-state index contributed by atoms with van der Waals surface area (Å²) in [5, 5.41) is 22.6. The fraction of sp³-hybridized carbons (Fsp3) is 0.455. The van der Waals surface area contributed by atoms with Crippen LogP contribution in [0.2, 0.25) is 0 Å². The number of hydrogen-bond acceptors (Lipinski definition) is 17. The number of nitrogens with zero attached hydrogens (tertiary/aromatic N) is 7. The average molecular weight is 747 g/mol. The van der Waals surface area contributed by atoms with Gasteiger partial charge in [-0.1, -0.05) is 12.2 Å². The summed E-state index contributed by atoms with van der Waals surface area (Å²) in [5.41, 5.74) is 4.60. The molecule has 5 aromatic heterocycles. The molecule has 0 amide bonds. The summed E-state index contributed by atoms with van der Waals surface area (Å²) in [6.45, 7) is -9.83. The highest BCUT2D eigenvalue weighted by Crippen LogP contribution is 2.58. The van der Waals surface area contributed by atoms with Gasteiger partial charge in [0.25, 0.3) is 11.1 Å². The predicted molar refractivity (Wildman–Crippen MR) is 166 cm³/mol. The zero-order valence-electron chi connectivity index (χ0n) is 23.8. The number of nitrogens with one attached hydrogen (secondary N) is 2. The number of thiol groups is 1. The highest BCUT2D eigenvalue weighted by molar-refractivity contribution is 8.44. The van der Waals surface area contributed by atoms with Gasteiger partial charge in [-0.3, -0.25) is 37.3 Å². The van der Waals surface area contributed by atoms with Gasteiger partial charge in [0.2, 0.25) is 11.7 Å². The van der Waals surface area contributed by atoms with E-state index >= 15 is 0 Å². The number of imidazole rings is 3. The number of nitrogen functional groups attached to an aromatic ring is 1. The number of aliphatic hydroxyl groups excluding tert-OH is 2. The highest BCUT2D eigenvalue weighted by Gasteiger charge is 2.53. The van der Waals surface area contributed by atoms with Crippen LogP contribution in [0, 0.1) is 0 Å². The van der Waals surface area contributed by atoms with Crippen LogP contribution >= 0.6 is 25.8 Å². The van der Waals surface area contributed by atoms with Crippen molar-refractivity contribution in [1.29, 1.82) is 0 Å². The first kappa shape index (κ1) is 32.1. The molecule has 0 aliphatic carbocycles. The second-order valence-corrected chi connectivity index (χ2v) is 16.6. The zero-order valence-corrected chi connectivity index (χ0v) is 27.3. The summed E-state index contributed by atoms with van der Waals surface area (Å²) in [6, 6.07) is 0. The van der Waals surface area contributed by atoms with E-state index in [1.807, 2.05) is 0 Å². The van der Waals surface area contributed by atoms with Gasteiger partial charge in [-0.05, 0) is 11.8 Å². The lowest BCUT2D eigenvalue weighted by Gasteiger charge is -2.27. The van der Waals surface area contributed by atoms with E-state index in [-0.39, 0.29) is 34.1 Å². The second kappa shape index (κ2) is 11.5. The van der Waals surface area contributed by atoms with Gasteiger partial charge in [0, 0.05) is 12.4 Å². The molecule has 0 spiro atoms. The van der Waals surface area contributed by atoms with Crippen LogP contribution in [0.4, 0.5) is 5.95 Å². The quantitative estimate of drug-likeness (QED) is 0.0814. The van der Waals surface area contributed by atoms with Crippen LogP contribution in [-0.2, 0) is 43.9 Å². The van der Waals surface area contributed by atoms with E-state index in [1.54, 1.807) is 0 Å². The maximum Gasteiger partial charge on any atom is 0.386 e. The molecule has 3 saturated heterocycles. The van der Waals surface area contributed by atoms with Crippen molar-refractivity contribution in [2.24, 2.45) is 0 Å². The minimum Gasteiger partial charge on any atom is -0.387 e. The van der Waals surface area contributed by atoms with E-state index in [4.69, 9.17) is 45.1 Å². The number of H-pyrrole nitrogens is 2. The molecule has 0 saturated carbocycles. The minimum atomic E-state index is -4.41. The van der Waals surface area contributed by atoms with Gasteiger partial charge in [0.1, 0.15) is 42.3 Å². The van der Waals surface area contributed by atoms with Crippen LogP contribution in [0.15, 0.2) is 34.6 Å². The molecule has 3 aliphatic rings. The van der Waals surface area contributed by atoms with Crippen LogP contribution in [-0.4, -0.2) is 108 Å². The fourth-order valence-corrected chi connectivity index (χ4v) is 8.76. The van der Waals surface area contributed by atoms with Gasteiger partial charge < -0.3 is 39.8 Å². The molecule has 2 bridgehead atoms. The Labute approximate surface area is 275 Å². The maximum atomic E-state index is 13.6. The third-order valence-corrected chi connectivity index (χ3v) is 11.2. The smallest absolute Gasteiger partial charge is 0.386 e. The molecule has 0 aromatic carbocycles. The number of aliphatic hydroxyl groups is 2. The number of fused-ring (bicyclic) bond motifs is 6. The van der Waals surface area contributed by atoms with Crippen LogP contribution in [0.25, 0.3) is 28.1 Å². The Morgan fingerprint density at radius 3 is 2.50 bits per heavy atom. The Balaban J connectivity index is 1.12. The van der Waals surface area contributed by atoms with Crippen molar-refractivity contribution in [2.75, 3.05) is 18.9 Å². The molecular formula is C22H24N10O12P2S2. The maximum absolute atomic E-state index is 13.6. The molecule has 22 nitrogen and oxygen atoms in total. The van der Waals surface area contributed by atoms with Gasteiger partial charge in [0.15, 0.2) is 29.1 Å². The highest BCUT2D eigenvalue weighted by atomic mass is 32.7. The minimum absolute atomic E-state index is 0.0104. The number of aromatic amines is 2. The first-order chi connectivity index (χ1) is 22.8. The van der Waals surface area contributed by atoms with Crippen LogP contribution in [0.1, 0.15) is 12.5 Å². The van der Waals surface area contributed by atoms with Crippen molar-refractivity contribution < 1.29 is 47.2 Å². The van der Waals surface area contributed by atoms with Crippen LogP contribution in [0.3, 0.4) is 0 Å². The summed E-state index contributed by atoms with van der Waals surface area (Å²) in [5.74, 6) is -0.0338. The summed E-state index contributed by atoms with van der Waals surface area (Å²) < 4.78 is 51.9. The molecule has 26 heteroatoms. The molecule has 10 atom stereocenters. The third kappa shape index (κ3) is 5.33. The van der Waals surface area contributed by atoms with E-state index in [1.165, 1.54) is 38.6 Å². The summed E-state index contributed by atoms with van der Waals surface area (Å²) in [7, 11) is 0. The molecule has 5 aromatic rings. The number of rotatable bonds is 2. The zero-order chi connectivity index (χ0) is 33.7. The van der Waals surface area contributed by atoms with E-state index in [2.05, 4.69) is 42.2 Å². The van der Waals surface area contributed by atoms with Gasteiger partial charge in [-0.2, -0.15) is 4.98 Å². The number of ether oxygens (including phenoxy) is 2. The molecular weight excluding hydrogens is 722 g/mol. The van der Waals surface area contributed by atoms with Crippen LogP contribution in [0.5, 0.6) is 0 Å². The summed E-state index contributed by atoms with van der Waals surface area (Å²) in [4.78, 5) is 58.0. The lowest BCUT2D eigenvalue weighted by molar-refractivity contribution is -0.0588. The third-order valence-electron chi connectivity index (χ3n) is 8.02. The summed E-state index contributed by atoms with van der Waals surface area (Å²) in [6.07, 6.45) is -6.01. The Hall–Kier alpha value is -3.09. The molecule has 256 valence electrons. The fourth-order valence-electron chi connectivity index (χ4n) is 5.85. The van der Waals surface area contributed by atoms with Gasteiger partial charge in [-0.25, -0.2) is 23.9 Å². The molecule has 2 unspecified atom stereocenters. The largest absolute Gasteiger partial charge is 0.387 e.